The molecule has 0 unspecified atom stereocenters. The van der Waals surface area contributed by atoms with Gasteiger partial charge in [0.15, 0.2) is 0 Å². The molecule has 1 aromatic rings. The van der Waals surface area contributed by atoms with Gasteiger partial charge in [-0.05, 0) is 32.5 Å². The first-order valence-corrected chi connectivity index (χ1v) is 6.01. The first kappa shape index (κ1) is 13.8. The molecule has 96 valence electrons. The highest BCUT2D eigenvalue weighted by Gasteiger charge is 2.09. The van der Waals surface area contributed by atoms with Crippen LogP contribution in [0.1, 0.15) is 31.3 Å². The van der Waals surface area contributed by atoms with Crippen molar-refractivity contribution in [1.82, 2.24) is 4.90 Å². The van der Waals surface area contributed by atoms with Gasteiger partial charge in [0.1, 0.15) is 11.5 Å². The predicted octanol–water partition coefficient (Wildman–Crippen LogP) is 2.36. The third-order valence-electron chi connectivity index (χ3n) is 2.38. The molecular formula is C13H21NO3. The van der Waals surface area contributed by atoms with Crippen molar-refractivity contribution in [3.63, 3.8) is 0 Å². The van der Waals surface area contributed by atoms with Crippen LogP contribution in [-0.2, 0) is 16.1 Å². The van der Waals surface area contributed by atoms with Crippen LogP contribution >= 0.6 is 0 Å². The van der Waals surface area contributed by atoms with E-state index in [0.717, 1.165) is 24.4 Å². The van der Waals surface area contributed by atoms with E-state index in [0.29, 0.717) is 19.7 Å². The SMILES string of the molecule is CCCCOC(=O)CN(C)Cc1ccc(C)o1. The molecule has 0 N–H and O–H groups in total. The molecule has 1 aromatic heterocycles. The molecule has 4 nitrogen and oxygen atoms in total. The van der Waals surface area contributed by atoms with Gasteiger partial charge in [0.2, 0.25) is 0 Å². The zero-order chi connectivity index (χ0) is 12.7. The second kappa shape index (κ2) is 7.12. The lowest BCUT2D eigenvalue weighted by Crippen LogP contribution is -2.27. The highest BCUT2D eigenvalue weighted by Crippen LogP contribution is 2.08. The number of esters is 1. The van der Waals surface area contributed by atoms with Crippen LogP contribution in [0.25, 0.3) is 0 Å². The maximum atomic E-state index is 11.4. The molecule has 0 aliphatic carbocycles. The van der Waals surface area contributed by atoms with E-state index in [4.69, 9.17) is 9.15 Å². The van der Waals surface area contributed by atoms with Crippen LogP contribution in [0.2, 0.25) is 0 Å². The van der Waals surface area contributed by atoms with Gasteiger partial charge in [0.25, 0.3) is 0 Å². The van der Waals surface area contributed by atoms with Crippen molar-refractivity contribution in [1.29, 1.82) is 0 Å². The van der Waals surface area contributed by atoms with Gasteiger partial charge in [-0.25, -0.2) is 0 Å². The summed E-state index contributed by atoms with van der Waals surface area (Å²) in [7, 11) is 1.87. The lowest BCUT2D eigenvalue weighted by Gasteiger charge is -2.14. The molecule has 0 fully saturated rings. The molecule has 0 saturated carbocycles. The summed E-state index contributed by atoms with van der Waals surface area (Å²) in [5, 5.41) is 0. The average molecular weight is 239 g/mol. The Hall–Kier alpha value is -1.29. The first-order valence-electron chi connectivity index (χ1n) is 6.01. The van der Waals surface area contributed by atoms with Crippen molar-refractivity contribution in [2.24, 2.45) is 0 Å². The van der Waals surface area contributed by atoms with E-state index in [1.807, 2.05) is 31.0 Å². The summed E-state index contributed by atoms with van der Waals surface area (Å²) >= 11 is 0. The third kappa shape index (κ3) is 5.54. The Morgan fingerprint density at radius 2 is 2.24 bits per heavy atom. The van der Waals surface area contributed by atoms with Crippen LogP contribution in [-0.4, -0.2) is 31.1 Å². The second-order valence-corrected chi connectivity index (χ2v) is 4.26. The van der Waals surface area contributed by atoms with Crippen molar-refractivity contribution in [3.05, 3.63) is 23.7 Å². The molecule has 1 rings (SSSR count). The molecule has 1 heterocycles. The van der Waals surface area contributed by atoms with Crippen LogP contribution < -0.4 is 0 Å². The number of rotatable bonds is 7. The smallest absolute Gasteiger partial charge is 0.320 e. The number of hydrogen-bond donors (Lipinski definition) is 0. The normalized spacial score (nSPS) is 10.8. The Labute approximate surface area is 103 Å². The standard InChI is InChI=1S/C13H21NO3/c1-4-5-8-16-13(15)10-14(3)9-12-7-6-11(2)17-12/h6-7H,4-5,8-10H2,1-3H3. The lowest BCUT2D eigenvalue weighted by atomic mass is 10.4. The molecule has 0 bridgehead atoms. The fourth-order valence-electron chi connectivity index (χ4n) is 1.49. The summed E-state index contributed by atoms with van der Waals surface area (Å²) in [6, 6.07) is 3.84. The van der Waals surface area contributed by atoms with Crippen LogP contribution in [0.3, 0.4) is 0 Å². The second-order valence-electron chi connectivity index (χ2n) is 4.26. The Kier molecular flexibility index (Phi) is 5.77. The number of carbonyl (C=O) groups excluding carboxylic acids is 1. The molecule has 0 aliphatic rings. The molecular weight excluding hydrogens is 218 g/mol. The number of ether oxygens (including phenoxy) is 1. The summed E-state index contributed by atoms with van der Waals surface area (Å²) in [6.07, 6.45) is 1.96. The summed E-state index contributed by atoms with van der Waals surface area (Å²) < 4.78 is 10.5. The van der Waals surface area contributed by atoms with Crippen LogP contribution in [0.5, 0.6) is 0 Å². The Morgan fingerprint density at radius 1 is 1.47 bits per heavy atom. The van der Waals surface area contributed by atoms with E-state index in [2.05, 4.69) is 6.92 Å². The van der Waals surface area contributed by atoms with E-state index < -0.39 is 0 Å². The van der Waals surface area contributed by atoms with Gasteiger partial charge in [0, 0.05) is 0 Å². The average Bonchev–Trinajstić information content (AvgIpc) is 2.64. The van der Waals surface area contributed by atoms with E-state index in [9.17, 15) is 4.79 Å². The van der Waals surface area contributed by atoms with Crippen molar-refractivity contribution in [2.45, 2.75) is 33.2 Å². The highest BCUT2D eigenvalue weighted by atomic mass is 16.5. The van der Waals surface area contributed by atoms with Crippen molar-refractivity contribution in [2.75, 3.05) is 20.2 Å². The minimum Gasteiger partial charge on any atom is -0.465 e. The lowest BCUT2D eigenvalue weighted by molar-refractivity contribution is -0.144. The van der Waals surface area contributed by atoms with E-state index in [-0.39, 0.29) is 5.97 Å². The van der Waals surface area contributed by atoms with E-state index >= 15 is 0 Å². The zero-order valence-electron chi connectivity index (χ0n) is 10.9. The van der Waals surface area contributed by atoms with Crippen molar-refractivity contribution >= 4 is 5.97 Å². The largest absolute Gasteiger partial charge is 0.465 e. The monoisotopic (exact) mass is 239 g/mol. The van der Waals surface area contributed by atoms with Crippen LogP contribution in [0.4, 0.5) is 0 Å². The molecule has 0 aromatic carbocycles. The first-order chi connectivity index (χ1) is 8.11. The van der Waals surface area contributed by atoms with Crippen LogP contribution in [0, 0.1) is 6.92 Å². The van der Waals surface area contributed by atoms with Crippen molar-refractivity contribution < 1.29 is 13.9 Å². The number of hydrogen-bond acceptors (Lipinski definition) is 4. The predicted molar refractivity (Wildman–Crippen MR) is 65.6 cm³/mol. The molecule has 0 radical (unpaired) electrons. The fraction of sp³-hybridized carbons (Fsp3) is 0.615. The summed E-state index contributed by atoms with van der Waals surface area (Å²) in [5.74, 6) is 1.58. The summed E-state index contributed by atoms with van der Waals surface area (Å²) in [5.41, 5.74) is 0. The Balaban J connectivity index is 2.24. The molecule has 0 aliphatic heterocycles. The number of carbonyl (C=O) groups is 1. The van der Waals surface area contributed by atoms with Gasteiger partial charge in [-0.1, -0.05) is 13.3 Å². The topological polar surface area (TPSA) is 42.7 Å². The number of likely N-dealkylation sites (N-methyl/N-ethyl adjacent to an activating group) is 1. The van der Waals surface area contributed by atoms with Crippen LogP contribution in [0.15, 0.2) is 16.5 Å². The number of unbranched alkanes of at least 4 members (excludes halogenated alkanes) is 1. The Bertz CT molecular complexity index is 346. The van der Waals surface area contributed by atoms with Crippen molar-refractivity contribution in [3.8, 4) is 0 Å². The molecule has 0 atom stereocenters. The van der Waals surface area contributed by atoms with Gasteiger partial charge in [-0.15, -0.1) is 0 Å². The molecule has 0 saturated heterocycles. The quantitative estimate of drug-likeness (QED) is 0.541. The fourth-order valence-corrected chi connectivity index (χ4v) is 1.49. The molecule has 4 heteroatoms. The molecule has 0 amide bonds. The third-order valence-corrected chi connectivity index (χ3v) is 2.38. The van der Waals surface area contributed by atoms with Gasteiger partial charge < -0.3 is 9.15 Å². The minimum atomic E-state index is -0.177. The zero-order valence-corrected chi connectivity index (χ0v) is 10.9. The minimum absolute atomic E-state index is 0.177. The number of nitrogens with zero attached hydrogens (tertiary/aromatic N) is 1. The van der Waals surface area contributed by atoms with Gasteiger partial charge in [-0.3, -0.25) is 9.69 Å². The molecule has 0 spiro atoms. The van der Waals surface area contributed by atoms with E-state index in [1.54, 1.807) is 0 Å². The van der Waals surface area contributed by atoms with Gasteiger partial charge >= 0.3 is 5.97 Å². The summed E-state index contributed by atoms with van der Waals surface area (Å²) in [6.45, 7) is 5.41. The summed E-state index contributed by atoms with van der Waals surface area (Å²) in [4.78, 5) is 13.3. The maximum absolute atomic E-state index is 11.4. The molecule has 17 heavy (non-hydrogen) atoms. The van der Waals surface area contributed by atoms with Gasteiger partial charge in [0.05, 0.1) is 19.7 Å². The number of aryl methyl sites for hydroxylation is 1. The van der Waals surface area contributed by atoms with Gasteiger partial charge in [-0.2, -0.15) is 0 Å². The maximum Gasteiger partial charge on any atom is 0.320 e. The Morgan fingerprint density at radius 3 is 2.82 bits per heavy atom. The number of furan rings is 1. The highest BCUT2D eigenvalue weighted by molar-refractivity contribution is 5.71. The van der Waals surface area contributed by atoms with E-state index in [1.165, 1.54) is 0 Å².